The summed E-state index contributed by atoms with van der Waals surface area (Å²) in [7, 11) is 0. The van der Waals surface area contributed by atoms with Crippen molar-refractivity contribution in [1.82, 2.24) is 0 Å². The molecule has 0 saturated carbocycles. The van der Waals surface area contributed by atoms with E-state index in [1.165, 1.54) is 0 Å². The summed E-state index contributed by atoms with van der Waals surface area (Å²) in [6, 6.07) is 6.85. The van der Waals surface area contributed by atoms with Gasteiger partial charge >= 0.3 is 0 Å². The van der Waals surface area contributed by atoms with Crippen molar-refractivity contribution < 1.29 is 0 Å². The van der Waals surface area contributed by atoms with Crippen LogP contribution in [0.2, 0.25) is 5.02 Å². The van der Waals surface area contributed by atoms with E-state index in [4.69, 9.17) is 11.6 Å². The molecule has 0 amide bonds. The molecule has 1 aromatic carbocycles. The van der Waals surface area contributed by atoms with Gasteiger partial charge in [-0.25, -0.2) is 0 Å². The summed E-state index contributed by atoms with van der Waals surface area (Å²) < 4.78 is 0. The summed E-state index contributed by atoms with van der Waals surface area (Å²) in [5, 5.41) is 0.831. The molecule has 0 N–H and O–H groups in total. The first-order chi connectivity index (χ1) is 4.22. The van der Waals surface area contributed by atoms with Crippen LogP contribution in [0.3, 0.4) is 0 Å². The minimum absolute atomic E-state index is 0.831. The van der Waals surface area contributed by atoms with Gasteiger partial charge in [0.05, 0.1) is 0 Å². The van der Waals surface area contributed by atoms with Crippen molar-refractivity contribution in [3.05, 3.63) is 34.3 Å². The standard InChI is InChI=1S/C8H8Cl/c1-6-4-3-5-7(2)8(6)9/h3-4H,1-2H3. The zero-order chi connectivity index (χ0) is 6.85. The molecule has 1 aromatic rings. The molecule has 0 unspecified atom stereocenters. The van der Waals surface area contributed by atoms with Crippen LogP contribution in [0.4, 0.5) is 0 Å². The Balaban J connectivity index is 3.25. The molecule has 0 nitrogen and oxygen atoms in total. The van der Waals surface area contributed by atoms with Crippen LogP contribution in [-0.2, 0) is 0 Å². The Morgan fingerprint density at radius 2 is 2.11 bits per heavy atom. The van der Waals surface area contributed by atoms with Crippen LogP contribution in [0.15, 0.2) is 12.1 Å². The zero-order valence-electron chi connectivity index (χ0n) is 5.53. The highest BCUT2D eigenvalue weighted by atomic mass is 35.5. The average molecular weight is 140 g/mol. The fourth-order valence-corrected chi connectivity index (χ4v) is 0.841. The fourth-order valence-electron chi connectivity index (χ4n) is 0.724. The van der Waals surface area contributed by atoms with E-state index in [0.717, 1.165) is 16.1 Å². The summed E-state index contributed by atoms with van der Waals surface area (Å²) in [4.78, 5) is 0. The van der Waals surface area contributed by atoms with E-state index >= 15 is 0 Å². The summed E-state index contributed by atoms with van der Waals surface area (Å²) in [5.74, 6) is 0. The molecule has 9 heavy (non-hydrogen) atoms. The van der Waals surface area contributed by atoms with Crippen molar-refractivity contribution in [2.45, 2.75) is 13.8 Å². The van der Waals surface area contributed by atoms with Gasteiger partial charge in [-0.1, -0.05) is 23.7 Å². The van der Waals surface area contributed by atoms with Crippen LogP contribution in [0.5, 0.6) is 0 Å². The van der Waals surface area contributed by atoms with Gasteiger partial charge in [0.2, 0.25) is 0 Å². The van der Waals surface area contributed by atoms with Crippen molar-refractivity contribution >= 4 is 11.6 Å². The van der Waals surface area contributed by atoms with Gasteiger partial charge in [-0.2, -0.15) is 0 Å². The molecule has 0 spiro atoms. The maximum Gasteiger partial charge on any atom is 0.0470 e. The highest BCUT2D eigenvalue weighted by Crippen LogP contribution is 2.17. The van der Waals surface area contributed by atoms with E-state index in [1.54, 1.807) is 0 Å². The maximum atomic E-state index is 5.85. The quantitative estimate of drug-likeness (QED) is 0.519. The van der Waals surface area contributed by atoms with Crippen molar-refractivity contribution in [3.63, 3.8) is 0 Å². The van der Waals surface area contributed by atoms with Crippen LogP contribution in [0.25, 0.3) is 0 Å². The first kappa shape index (κ1) is 6.63. The van der Waals surface area contributed by atoms with Gasteiger partial charge < -0.3 is 0 Å². The number of aryl methyl sites for hydroxylation is 2. The number of halogens is 1. The third kappa shape index (κ3) is 1.25. The van der Waals surface area contributed by atoms with Gasteiger partial charge in [0.1, 0.15) is 0 Å². The van der Waals surface area contributed by atoms with Crippen LogP contribution in [-0.4, -0.2) is 0 Å². The molecule has 1 rings (SSSR count). The zero-order valence-corrected chi connectivity index (χ0v) is 6.29. The Bertz CT molecular complexity index is 196. The molecular formula is C8H8Cl. The minimum Gasteiger partial charge on any atom is -0.0837 e. The molecule has 0 aromatic heterocycles. The first-order valence-corrected chi connectivity index (χ1v) is 3.23. The highest BCUT2D eigenvalue weighted by molar-refractivity contribution is 6.32. The molecule has 1 radical (unpaired) electrons. The summed E-state index contributed by atoms with van der Waals surface area (Å²) >= 11 is 5.85. The Morgan fingerprint density at radius 1 is 1.44 bits per heavy atom. The van der Waals surface area contributed by atoms with E-state index in [9.17, 15) is 0 Å². The third-order valence-corrected chi connectivity index (χ3v) is 1.89. The first-order valence-electron chi connectivity index (χ1n) is 2.85. The largest absolute Gasteiger partial charge is 0.0837 e. The van der Waals surface area contributed by atoms with Crippen molar-refractivity contribution in [2.75, 3.05) is 0 Å². The topological polar surface area (TPSA) is 0 Å². The Morgan fingerprint density at radius 3 is 2.56 bits per heavy atom. The predicted octanol–water partition coefficient (Wildman–Crippen LogP) is 2.76. The molecular weight excluding hydrogens is 132 g/mol. The Hall–Kier alpha value is -0.490. The van der Waals surface area contributed by atoms with Gasteiger partial charge in [-0.05, 0) is 31.0 Å². The molecule has 0 heterocycles. The van der Waals surface area contributed by atoms with Crippen molar-refractivity contribution in [3.8, 4) is 0 Å². The maximum absolute atomic E-state index is 5.85. The predicted molar refractivity (Wildman–Crippen MR) is 39.8 cm³/mol. The van der Waals surface area contributed by atoms with E-state index in [0.29, 0.717) is 0 Å². The van der Waals surface area contributed by atoms with E-state index < -0.39 is 0 Å². The Kier molecular flexibility index (Phi) is 1.77. The second-order valence-electron chi connectivity index (χ2n) is 2.10. The molecule has 0 saturated heterocycles. The number of rotatable bonds is 0. The lowest BCUT2D eigenvalue weighted by Gasteiger charge is -1.97. The van der Waals surface area contributed by atoms with Gasteiger partial charge in [0.15, 0.2) is 0 Å². The minimum atomic E-state index is 0.831. The average Bonchev–Trinajstić information content (AvgIpc) is 1.83. The van der Waals surface area contributed by atoms with E-state index in [2.05, 4.69) is 6.07 Å². The number of hydrogen-bond donors (Lipinski definition) is 0. The fraction of sp³-hybridized carbons (Fsp3) is 0.250. The lowest BCUT2D eigenvalue weighted by molar-refractivity contribution is 1.38. The van der Waals surface area contributed by atoms with Gasteiger partial charge in [-0.3, -0.25) is 0 Å². The molecule has 1 heteroatoms. The monoisotopic (exact) mass is 139 g/mol. The van der Waals surface area contributed by atoms with Crippen LogP contribution < -0.4 is 0 Å². The summed E-state index contributed by atoms with van der Waals surface area (Å²) in [6.45, 7) is 3.94. The summed E-state index contributed by atoms with van der Waals surface area (Å²) in [6.07, 6.45) is 0. The van der Waals surface area contributed by atoms with Gasteiger partial charge in [-0.15, -0.1) is 0 Å². The number of benzene rings is 1. The Labute approximate surface area is 60.5 Å². The molecule has 0 fully saturated rings. The molecule has 0 atom stereocenters. The van der Waals surface area contributed by atoms with Crippen molar-refractivity contribution in [1.29, 1.82) is 0 Å². The van der Waals surface area contributed by atoms with Crippen molar-refractivity contribution in [2.24, 2.45) is 0 Å². The highest BCUT2D eigenvalue weighted by Gasteiger charge is 1.95. The molecule has 0 bridgehead atoms. The smallest absolute Gasteiger partial charge is 0.0470 e. The molecule has 0 aliphatic rings. The van der Waals surface area contributed by atoms with E-state index in [1.807, 2.05) is 26.0 Å². The number of hydrogen-bond acceptors (Lipinski definition) is 0. The normalized spacial score (nSPS) is 9.67. The molecule has 0 aliphatic carbocycles. The van der Waals surface area contributed by atoms with Gasteiger partial charge in [0, 0.05) is 5.02 Å². The summed E-state index contributed by atoms with van der Waals surface area (Å²) in [5.41, 5.74) is 2.14. The lowest BCUT2D eigenvalue weighted by Crippen LogP contribution is -1.78. The third-order valence-electron chi connectivity index (χ3n) is 1.31. The molecule has 0 aliphatic heterocycles. The second-order valence-corrected chi connectivity index (χ2v) is 2.48. The molecule has 47 valence electrons. The van der Waals surface area contributed by atoms with Crippen LogP contribution >= 0.6 is 11.6 Å². The van der Waals surface area contributed by atoms with Crippen LogP contribution in [0.1, 0.15) is 11.1 Å². The van der Waals surface area contributed by atoms with Gasteiger partial charge in [0.25, 0.3) is 0 Å². The SMILES string of the molecule is Cc1[c]ccc(C)c1Cl. The second kappa shape index (κ2) is 2.40. The van der Waals surface area contributed by atoms with Crippen LogP contribution in [0, 0.1) is 19.9 Å². The lowest BCUT2D eigenvalue weighted by atomic mass is 10.2. The van der Waals surface area contributed by atoms with E-state index in [-0.39, 0.29) is 0 Å².